The molecule has 1 fully saturated rings. The van der Waals surface area contributed by atoms with E-state index in [4.69, 9.17) is 5.73 Å². The van der Waals surface area contributed by atoms with E-state index in [1.807, 2.05) is 42.6 Å². The molecule has 2 aromatic rings. The lowest BCUT2D eigenvalue weighted by molar-refractivity contribution is 0.367. The van der Waals surface area contributed by atoms with Gasteiger partial charge in [-0.1, -0.05) is 12.8 Å². The van der Waals surface area contributed by atoms with E-state index in [0.717, 1.165) is 11.3 Å². The number of hydrogen-bond donors (Lipinski definition) is 1. The van der Waals surface area contributed by atoms with E-state index in [0.29, 0.717) is 17.1 Å². The molecular weight excluding hydrogens is 268 g/mol. The van der Waals surface area contributed by atoms with Crippen molar-refractivity contribution in [3.63, 3.8) is 0 Å². The molecular formula is C15H20N4S. The Morgan fingerprint density at radius 3 is 2.85 bits per heavy atom. The number of nitrogens with zero attached hydrogens (tertiary/aromatic N) is 3. The molecule has 0 saturated heterocycles. The van der Waals surface area contributed by atoms with Crippen molar-refractivity contribution >= 4 is 17.6 Å². The molecule has 2 aromatic heterocycles. The van der Waals surface area contributed by atoms with Gasteiger partial charge in [0.2, 0.25) is 0 Å². The maximum absolute atomic E-state index is 5.67. The van der Waals surface area contributed by atoms with Gasteiger partial charge in [-0.2, -0.15) is 11.8 Å². The number of nitrogens with two attached hydrogens (primary N) is 1. The van der Waals surface area contributed by atoms with E-state index in [1.165, 1.54) is 25.7 Å². The van der Waals surface area contributed by atoms with Gasteiger partial charge in [-0.15, -0.1) is 0 Å². The first-order chi connectivity index (χ1) is 9.79. The summed E-state index contributed by atoms with van der Waals surface area (Å²) in [5, 5.41) is 0.679. The third-order valence-electron chi connectivity index (χ3n) is 4.08. The second kappa shape index (κ2) is 5.87. The number of imidazole rings is 1. The van der Waals surface area contributed by atoms with Crippen molar-refractivity contribution in [3.8, 4) is 11.3 Å². The summed E-state index contributed by atoms with van der Waals surface area (Å²) < 4.78 is 2.33. The minimum absolute atomic E-state index is 0.536. The zero-order chi connectivity index (χ0) is 13.9. The molecule has 2 heterocycles. The van der Waals surface area contributed by atoms with Gasteiger partial charge in [0.1, 0.15) is 5.82 Å². The van der Waals surface area contributed by atoms with Crippen LogP contribution in [0.3, 0.4) is 0 Å². The smallest absolute Gasteiger partial charge is 0.123 e. The lowest BCUT2D eigenvalue weighted by atomic mass is 9.94. The van der Waals surface area contributed by atoms with Crippen LogP contribution in [0, 0.1) is 0 Å². The molecule has 20 heavy (non-hydrogen) atoms. The van der Waals surface area contributed by atoms with Crippen LogP contribution in [-0.2, 0) is 0 Å². The maximum Gasteiger partial charge on any atom is 0.123 e. The summed E-state index contributed by atoms with van der Waals surface area (Å²) in [7, 11) is 0. The lowest BCUT2D eigenvalue weighted by Gasteiger charge is -2.32. The summed E-state index contributed by atoms with van der Waals surface area (Å²) in [5.41, 5.74) is 7.90. The Morgan fingerprint density at radius 2 is 2.10 bits per heavy atom. The third-order valence-corrected chi connectivity index (χ3v) is 5.23. The second-order valence-electron chi connectivity index (χ2n) is 5.28. The Labute approximate surface area is 123 Å². The fourth-order valence-electron chi connectivity index (χ4n) is 3.02. The number of hydrogen-bond acceptors (Lipinski definition) is 4. The highest BCUT2D eigenvalue weighted by molar-refractivity contribution is 7.99. The van der Waals surface area contributed by atoms with Crippen molar-refractivity contribution in [2.45, 2.75) is 37.0 Å². The third kappa shape index (κ3) is 2.54. The van der Waals surface area contributed by atoms with Crippen LogP contribution < -0.4 is 5.73 Å². The van der Waals surface area contributed by atoms with Crippen LogP contribution in [0.4, 0.5) is 5.82 Å². The maximum atomic E-state index is 5.67. The minimum Gasteiger partial charge on any atom is -0.384 e. The molecule has 2 atom stereocenters. The number of pyridine rings is 1. The monoisotopic (exact) mass is 288 g/mol. The first kappa shape index (κ1) is 13.5. The van der Waals surface area contributed by atoms with Gasteiger partial charge in [0.05, 0.1) is 18.2 Å². The number of thioether (sulfide) groups is 1. The number of anilines is 1. The molecule has 1 saturated carbocycles. The molecule has 0 radical (unpaired) electrons. The van der Waals surface area contributed by atoms with Crippen LogP contribution >= 0.6 is 11.8 Å². The Balaban J connectivity index is 1.95. The van der Waals surface area contributed by atoms with Crippen LogP contribution in [0.25, 0.3) is 11.3 Å². The Hall–Kier alpha value is -1.49. The normalized spacial score (nSPS) is 22.9. The molecule has 1 aliphatic rings. The number of nitrogen functional groups attached to an aromatic ring is 1. The first-order valence-electron chi connectivity index (χ1n) is 7.06. The highest BCUT2D eigenvalue weighted by Gasteiger charge is 2.27. The zero-order valence-corrected chi connectivity index (χ0v) is 12.5. The largest absolute Gasteiger partial charge is 0.384 e. The molecule has 2 N–H and O–H groups in total. The molecule has 1 aliphatic carbocycles. The minimum atomic E-state index is 0.536. The fraction of sp³-hybridized carbons (Fsp3) is 0.467. The summed E-state index contributed by atoms with van der Waals surface area (Å²) in [4.78, 5) is 8.55. The van der Waals surface area contributed by atoms with Gasteiger partial charge in [0.15, 0.2) is 0 Å². The van der Waals surface area contributed by atoms with Crippen LogP contribution in [0.5, 0.6) is 0 Å². The van der Waals surface area contributed by atoms with Crippen molar-refractivity contribution in [1.82, 2.24) is 14.5 Å². The van der Waals surface area contributed by atoms with Gasteiger partial charge in [0.25, 0.3) is 0 Å². The summed E-state index contributed by atoms with van der Waals surface area (Å²) in [6.45, 7) is 0. The molecule has 0 aliphatic heterocycles. The van der Waals surface area contributed by atoms with Crippen molar-refractivity contribution in [1.29, 1.82) is 0 Å². The molecule has 106 valence electrons. The Bertz CT molecular complexity index is 564. The Kier molecular flexibility index (Phi) is 3.96. The van der Waals surface area contributed by atoms with Crippen molar-refractivity contribution in [2.75, 3.05) is 12.0 Å². The molecule has 3 rings (SSSR count). The van der Waals surface area contributed by atoms with Gasteiger partial charge < -0.3 is 10.3 Å². The predicted octanol–water partition coefficient (Wildman–Crippen LogP) is 3.37. The van der Waals surface area contributed by atoms with Gasteiger partial charge in [-0.3, -0.25) is 0 Å². The number of aromatic nitrogens is 3. The van der Waals surface area contributed by atoms with Crippen molar-refractivity contribution < 1.29 is 0 Å². The van der Waals surface area contributed by atoms with E-state index < -0.39 is 0 Å². The SMILES string of the molecule is CSC1CCCCC1n1cncc1-c1ccc(N)nc1. The van der Waals surface area contributed by atoms with Crippen molar-refractivity contribution in [2.24, 2.45) is 0 Å². The van der Waals surface area contributed by atoms with Crippen LogP contribution in [0.15, 0.2) is 30.9 Å². The molecule has 0 bridgehead atoms. The molecule has 0 spiro atoms. The van der Waals surface area contributed by atoms with Gasteiger partial charge in [-0.05, 0) is 31.2 Å². The zero-order valence-electron chi connectivity index (χ0n) is 11.7. The van der Waals surface area contributed by atoms with Gasteiger partial charge in [-0.25, -0.2) is 9.97 Å². The molecule has 2 unspecified atom stereocenters. The summed E-state index contributed by atoms with van der Waals surface area (Å²) in [6, 6.07) is 4.40. The lowest BCUT2D eigenvalue weighted by Crippen LogP contribution is -2.25. The second-order valence-corrected chi connectivity index (χ2v) is 6.36. The quantitative estimate of drug-likeness (QED) is 0.940. The van der Waals surface area contributed by atoms with E-state index in [1.54, 1.807) is 0 Å². The van der Waals surface area contributed by atoms with Crippen LogP contribution in [0.2, 0.25) is 0 Å². The molecule has 0 amide bonds. The average molecular weight is 288 g/mol. The summed E-state index contributed by atoms with van der Waals surface area (Å²) in [6.07, 6.45) is 13.1. The highest BCUT2D eigenvalue weighted by atomic mass is 32.2. The van der Waals surface area contributed by atoms with Gasteiger partial charge >= 0.3 is 0 Å². The van der Waals surface area contributed by atoms with E-state index in [9.17, 15) is 0 Å². The topological polar surface area (TPSA) is 56.7 Å². The Morgan fingerprint density at radius 1 is 1.25 bits per heavy atom. The number of rotatable bonds is 3. The first-order valence-corrected chi connectivity index (χ1v) is 8.35. The average Bonchev–Trinajstić information content (AvgIpc) is 2.97. The van der Waals surface area contributed by atoms with Gasteiger partial charge in [0, 0.05) is 23.1 Å². The highest BCUT2D eigenvalue weighted by Crippen LogP contribution is 2.37. The van der Waals surface area contributed by atoms with E-state index in [-0.39, 0.29) is 0 Å². The predicted molar refractivity (Wildman–Crippen MR) is 84.7 cm³/mol. The van der Waals surface area contributed by atoms with Crippen molar-refractivity contribution in [3.05, 3.63) is 30.9 Å². The summed E-state index contributed by atoms with van der Waals surface area (Å²) >= 11 is 1.97. The van der Waals surface area contributed by atoms with E-state index >= 15 is 0 Å². The molecule has 0 aromatic carbocycles. The molecule has 5 heteroatoms. The summed E-state index contributed by atoms with van der Waals surface area (Å²) in [5.74, 6) is 0.555. The standard InChI is InChI=1S/C15H20N4S/c1-20-14-5-3-2-4-12(14)19-10-17-9-13(19)11-6-7-15(16)18-8-11/h6-10,12,14H,2-5H2,1H3,(H2,16,18). The van der Waals surface area contributed by atoms with Crippen LogP contribution in [0.1, 0.15) is 31.7 Å². The van der Waals surface area contributed by atoms with Crippen LogP contribution in [-0.4, -0.2) is 26.0 Å². The fourth-order valence-corrected chi connectivity index (χ4v) is 4.00. The molecule has 4 nitrogen and oxygen atoms in total. The van der Waals surface area contributed by atoms with E-state index in [2.05, 4.69) is 20.8 Å².